The number of piperidine rings is 1. The molecule has 1 amide bonds. The van der Waals surface area contributed by atoms with Crippen LogP contribution >= 0.6 is 34.2 Å². The highest BCUT2D eigenvalue weighted by Gasteiger charge is 2.53. The molecule has 2 fully saturated rings. The van der Waals surface area contributed by atoms with Crippen molar-refractivity contribution in [1.82, 2.24) is 10.6 Å². The van der Waals surface area contributed by atoms with Gasteiger partial charge in [-0.25, -0.2) is 0 Å². The summed E-state index contributed by atoms with van der Waals surface area (Å²) in [6, 6.07) is 5.78. The maximum absolute atomic E-state index is 12.0. The molecule has 3 nitrogen and oxygen atoms in total. The maximum Gasteiger partial charge on any atom is 0.251 e. The lowest BCUT2D eigenvalue weighted by Crippen LogP contribution is -2.32. The van der Waals surface area contributed by atoms with Gasteiger partial charge in [0.1, 0.15) is 0 Å². The molecule has 0 bridgehead atoms. The van der Waals surface area contributed by atoms with Crippen LogP contribution in [-0.2, 0) is 0 Å². The Morgan fingerprint density at radius 1 is 1.41 bits per heavy atom. The minimum atomic E-state index is -0.0114. The van der Waals surface area contributed by atoms with Gasteiger partial charge in [0.05, 0.1) is 5.02 Å². The van der Waals surface area contributed by atoms with Crippen molar-refractivity contribution in [3.05, 3.63) is 32.4 Å². The zero-order chi connectivity index (χ0) is 12.0. The number of benzene rings is 1. The van der Waals surface area contributed by atoms with Crippen molar-refractivity contribution in [2.45, 2.75) is 6.04 Å². The third-order valence-electron chi connectivity index (χ3n) is 3.57. The van der Waals surface area contributed by atoms with Crippen LogP contribution < -0.4 is 10.6 Å². The molecule has 5 heteroatoms. The molecule has 0 aromatic heterocycles. The lowest BCUT2D eigenvalue weighted by molar-refractivity contribution is 0.0946. The summed E-state index contributed by atoms with van der Waals surface area (Å²) in [6.45, 7) is 2.06. The number of amides is 1. The largest absolute Gasteiger partial charge is 0.349 e. The van der Waals surface area contributed by atoms with Crippen LogP contribution in [-0.4, -0.2) is 25.0 Å². The average molecular weight is 363 g/mol. The third-order valence-corrected chi connectivity index (χ3v) is 5.14. The van der Waals surface area contributed by atoms with Crippen molar-refractivity contribution in [3.63, 3.8) is 0 Å². The van der Waals surface area contributed by atoms with E-state index in [2.05, 4.69) is 33.2 Å². The molecule has 2 N–H and O–H groups in total. The summed E-state index contributed by atoms with van der Waals surface area (Å²) in [5, 5.41) is 7.02. The summed E-state index contributed by atoms with van der Waals surface area (Å²) >= 11 is 8.16. The second-order valence-corrected chi connectivity index (χ2v) is 6.18. The molecule has 2 unspecified atom stereocenters. The molecular weight excluding hydrogens is 351 g/mol. The Labute approximate surface area is 118 Å². The van der Waals surface area contributed by atoms with Crippen molar-refractivity contribution in [1.29, 1.82) is 0 Å². The van der Waals surface area contributed by atoms with Crippen LogP contribution in [0.5, 0.6) is 0 Å². The van der Waals surface area contributed by atoms with Gasteiger partial charge in [-0.3, -0.25) is 4.79 Å². The van der Waals surface area contributed by atoms with Crippen LogP contribution in [0.25, 0.3) is 0 Å². The Kier molecular flexibility index (Phi) is 3.04. The van der Waals surface area contributed by atoms with E-state index in [0.717, 1.165) is 16.7 Å². The average Bonchev–Trinajstić information content (AvgIpc) is 2.76. The summed E-state index contributed by atoms with van der Waals surface area (Å²) in [5.41, 5.74) is 0.647. The van der Waals surface area contributed by atoms with Crippen LogP contribution in [0.15, 0.2) is 18.2 Å². The highest BCUT2D eigenvalue weighted by atomic mass is 127. The van der Waals surface area contributed by atoms with E-state index in [-0.39, 0.29) is 5.91 Å². The van der Waals surface area contributed by atoms with Crippen LogP contribution in [0.3, 0.4) is 0 Å². The van der Waals surface area contributed by atoms with Crippen molar-refractivity contribution >= 4 is 40.1 Å². The number of nitrogens with one attached hydrogen (secondary N) is 2. The van der Waals surface area contributed by atoms with Crippen LogP contribution in [0.4, 0.5) is 0 Å². The SMILES string of the molecule is O=C(NC1C2CNCC21)c1ccc(I)c(Cl)c1. The van der Waals surface area contributed by atoms with Gasteiger partial charge in [-0.1, -0.05) is 11.6 Å². The Morgan fingerprint density at radius 3 is 2.76 bits per heavy atom. The fourth-order valence-electron chi connectivity index (χ4n) is 2.50. The minimum Gasteiger partial charge on any atom is -0.349 e. The fourth-order valence-corrected chi connectivity index (χ4v) is 3.02. The van der Waals surface area contributed by atoms with Gasteiger partial charge in [0.2, 0.25) is 0 Å². The first kappa shape index (κ1) is 11.7. The molecule has 2 atom stereocenters. The lowest BCUT2D eigenvalue weighted by atomic mass is 10.2. The van der Waals surface area contributed by atoms with E-state index in [1.54, 1.807) is 6.07 Å². The molecular formula is C12H12ClIN2O. The summed E-state index contributed by atoms with van der Waals surface area (Å²) < 4.78 is 0.966. The third kappa shape index (κ3) is 2.18. The van der Waals surface area contributed by atoms with Crippen molar-refractivity contribution in [2.75, 3.05) is 13.1 Å². The molecule has 17 heavy (non-hydrogen) atoms. The first-order valence-corrected chi connectivity index (χ1v) is 7.09. The van der Waals surface area contributed by atoms with E-state index in [1.807, 2.05) is 12.1 Å². The Hall–Kier alpha value is -0.330. The summed E-state index contributed by atoms with van der Waals surface area (Å²) in [4.78, 5) is 12.0. The number of hydrogen-bond acceptors (Lipinski definition) is 2. The summed E-state index contributed by atoms with van der Waals surface area (Å²) in [7, 11) is 0. The summed E-state index contributed by atoms with van der Waals surface area (Å²) in [6.07, 6.45) is 0. The zero-order valence-electron chi connectivity index (χ0n) is 9.04. The highest BCUT2D eigenvalue weighted by Crippen LogP contribution is 2.41. The molecule has 1 aromatic carbocycles. The molecule has 1 aliphatic heterocycles. The summed E-state index contributed by atoms with van der Waals surface area (Å²) in [5.74, 6) is 1.26. The van der Waals surface area contributed by atoms with Crippen molar-refractivity contribution < 1.29 is 4.79 Å². The predicted molar refractivity (Wildman–Crippen MR) is 75.3 cm³/mol. The molecule has 1 heterocycles. The normalized spacial score (nSPS) is 29.9. The van der Waals surface area contributed by atoms with Crippen LogP contribution in [0.2, 0.25) is 5.02 Å². The van der Waals surface area contributed by atoms with Gasteiger partial charge in [0.15, 0.2) is 0 Å². The lowest BCUT2D eigenvalue weighted by Gasteiger charge is -2.08. The number of carbonyl (C=O) groups is 1. The van der Waals surface area contributed by atoms with Gasteiger partial charge >= 0.3 is 0 Å². The van der Waals surface area contributed by atoms with Crippen molar-refractivity contribution in [3.8, 4) is 0 Å². The first-order chi connectivity index (χ1) is 8.16. The molecule has 3 rings (SSSR count). The number of rotatable bonds is 2. The zero-order valence-corrected chi connectivity index (χ0v) is 12.0. The van der Waals surface area contributed by atoms with Gasteiger partial charge in [-0.15, -0.1) is 0 Å². The molecule has 2 aliphatic rings. The van der Waals surface area contributed by atoms with E-state index in [0.29, 0.717) is 28.5 Å². The first-order valence-electron chi connectivity index (χ1n) is 5.63. The van der Waals surface area contributed by atoms with Gasteiger partial charge in [0, 0.05) is 28.3 Å². The second kappa shape index (κ2) is 4.40. The number of hydrogen-bond donors (Lipinski definition) is 2. The second-order valence-electron chi connectivity index (χ2n) is 4.61. The monoisotopic (exact) mass is 362 g/mol. The van der Waals surface area contributed by atoms with Crippen molar-refractivity contribution in [2.24, 2.45) is 11.8 Å². The maximum atomic E-state index is 12.0. The van der Waals surface area contributed by atoms with E-state index < -0.39 is 0 Å². The molecule has 1 saturated heterocycles. The molecule has 1 aromatic rings. The van der Waals surface area contributed by atoms with Gasteiger partial charge in [-0.05, 0) is 52.6 Å². The molecule has 0 radical (unpaired) electrons. The van der Waals surface area contributed by atoms with E-state index in [1.165, 1.54) is 0 Å². The number of carbonyl (C=O) groups excluding carboxylic acids is 1. The molecule has 1 saturated carbocycles. The topological polar surface area (TPSA) is 41.1 Å². The van der Waals surface area contributed by atoms with Gasteiger partial charge in [0.25, 0.3) is 5.91 Å². The van der Waals surface area contributed by atoms with Crippen LogP contribution in [0, 0.1) is 15.4 Å². The Balaban J connectivity index is 1.68. The van der Waals surface area contributed by atoms with Gasteiger partial charge in [-0.2, -0.15) is 0 Å². The fraction of sp³-hybridized carbons (Fsp3) is 0.417. The standard InChI is InChI=1S/C12H12ClIN2O/c13-9-3-6(1-2-10(9)14)12(17)16-11-7-4-15-5-8(7)11/h1-3,7-8,11,15H,4-5H2,(H,16,17). The number of halogens is 2. The Bertz CT molecular complexity index is 470. The molecule has 0 spiro atoms. The predicted octanol–water partition coefficient (Wildman–Crippen LogP) is 1.89. The van der Waals surface area contributed by atoms with Crippen LogP contribution in [0.1, 0.15) is 10.4 Å². The Morgan fingerprint density at radius 2 is 2.12 bits per heavy atom. The number of fused-ring (bicyclic) bond motifs is 1. The highest BCUT2D eigenvalue weighted by molar-refractivity contribution is 14.1. The van der Waals surface area contributed by atoms with Gasteiger partial charge < -0.3 is 10.6 Å². The quantitative estimate of drug-likeness (QED) is 0.789. The molecule has 90 valence electrons. The van der Waals surface area contributed by atoms with E-state index in [4.69, 9.17) is 11.6 Å². The van der Waals surface area contributed by atoms with E-state index in [9.17, 15) is 4.79 Å². The minimum absolute atomic E-state index is 0.0114. The molecule has 1 aliphatic carbocycles. The van der Waals surface area contributed by atoms with E-state index >= 15 is 0 Å². The smallest absolute Gasteiger partial charge is 0.251 e.